The quantitative estimate of drug-likeness (QED) is 0.282. The van der Waals surface area contributed by atoms with E-state index in [4.69, 9.17) is 9.15 Å². The van der Waals surface area contributed by atoms with Gasteiger partial charge in [0.05, 0.1) is 34.2 Å². The van der Waals surface area contributed by atoms with Crippen molar-refractivity contribution in [1.29, 1.82) is 5.26 Å². The number of nitro benzene ring substituents is 1. The third-order valence-corrected chi connectivity index (χ3v) is 4.59. The number of hydrogen-bond acceptors (Lipinski definition) is 6. The molecule has 0 unspecified atom stereocenters. The van der Waals surface area contributed by atoms with Crippen molar-refractivity contribution in [3.63, 3.8) is 0 Å². The smallest absolute Gasteiger partial charge is 0.270 e. The molecule has 8 nitrogen and oxygen atoms in total. The van der Waals surface area contributed by atoms with E-state index in [9.17, 15) is 15.4 Å². The van der Waals surface area contributed by atoms with Crippen molar-refractivity contribution in [1.82, 2.24) is 9.97 Å². The molecule has 0 saturated carbocycles. The molecule has 0 spiro atoms. The fourth-order valence-electron chi connectivity index (χ4n) is 3.12. The minimum atomic E-state index is -0.482. The molecule has 4 aromatic rings. The number of hydrogen-bond donors (Lipinski definition) is 1. The molecule has 0 amide bonds. The second-order valence-electron chi connectivity index (χ2n) is 6.62. The summed E-state index contributed by atoms with van der Waals surface area (Å²) in [5, 5.41) is 20.7. The number of benzene rings is 2. The molecular formula is C22H16N4O4. The zero-order valence-electron chi connectivity index (χ0n) is 16.2. The summed E-state index contributed by atoms with van der Waals surface area (Å²) in [7, 11) is 1.48. The van der Waals surface area contributed by atoms with Gasteiger partial charge >= 0.3 is 0 Å². The highest BCUT2D eigenvalue weighted by molar-refractivity contribution is 5.90. The fourth-order valence-corrected chi connectivity index (χ4v) is 3.12. The molecule has 0 atom stereocenters. The Kier molecular flexibility index (Phi) is 4.78. The normalized spacial score (nSPS) is 11.4. The number of nitro groups is 1. The van der Waals surface area contributed by atoms with Crippen molar-refractivity contribution in [2.24, 2.45) is 0 Å². The third-order valence-electron chi connectivity index (χ3n) is 4.59. The number of methoxy groups -OCH3 is 1. The van der Waals surface area contributed by atoms with Crippen LogP contribution in [0.4, 0.5) is 5.69 Å². The number of furan rings is 1. The number of aryl methyl sites for hydroxylation is 1. The van der Waals surface area contributed by atoms with Crippen LogP contribution in [0.5, 0.6) is 5.75 Å². The van der Waals surface area contributed by atoms with E-state index in [2.05, 4.69) is 16.0 Å². The molecule has 0 aliphatic carbocycles. The summed E-state index contributed by atoms with van der Waals surface area (Å²) in [6, 6.07) is 15.5. The van der Waals surface area contributed by atoms with Crippen LogP contribution in [-0.4, -0.2) is 22.0 Å². The zero-order valence-corrected chi connectivity index (χ0v) is 16.2. The van der Waals surface area contributed by atoms with E-state index >= 15 is 0 Å². The van der Waals surface area contributed by atoms with Crippen molar-refractivity contribution in [3.8, 4) is 23.1 Å². The first-order valence-corrected chi connectivity index (χ1v) is 8.99. The second kappa shape index (κ2) is 7.56. The van der Waals surface area contributed by atoms with Crippen molar-refractivity contribution < 1.29 is 14.1 Å². The highest BCUT2D eigenvalue weighted by Gasteiger charge is 2.16. The van der Waals surface area contributed by atoms with E-state index in [1.54, 1.807) is 18.2 Å². The summed E-state index contributed by atoms with van der Waals surface area (Å²) in [6.45, 7) is 1.98. The topological polar surface area (TPSA) is 118 Å². The average molecular weight is 400 g/mol. The maximum absolute atomic E-state index is 11.1. The Bertz CT molecular complexity index is 1340. The van der Waals surface area contributed by atoms with Gasteiger partial charge in [0, 0.05) is 18.2 Å². The summed E-state index contributed by atoms with van der Waals surface area (Å²) < 4.78 is 11.1. The van der Waals surface area contributed by atoms with Crippen LogP contribution in [0.3, 0.4) is 0 Å². The molecular weight excluding hydrogens is 384 g/mol. The number of aromatic nitrogens is 2. The Labute approximate surface area is 171 Å². The molecule has 0 aliphatic rings. The van der Waals surface area contributed by atoms with Crippen molar-refractivity contribution in [3.05, 3.63) is 75.8 Å². The standard InChI is InChI=1S/C22H16N4O4/c1-13-3-6-18-19(9-13)25-22(24-18)14(12-23)10-16-5-8-21(30-16)17-11-15(26(27)28)4-7-20(17)29-2/h3-11H,1-2H3,(H,24,25)/b14-10-. The Hall–Kier alpha value is -4.38. The Balaban J connectivity index is 1.72. The Morgan fingerprint density at radius 2 is 2.10 bits per heavy atom. The molecule has 2 aromatic carbocycles. The Morgan fingerprint density at radius 1 is 1.27 bits per heavy atom. The third kappa shape index (κ3) is 3.52. The predicted molar refractivity (Wildman–Crippen MR) is 112 cm³/mol. The van der Waals surface area contributed by atoms with Gasteiger partial charge < -0.3 is 14.1 Å². The number of nitrogens with one attached hydrogen (secondary N) is 1. The number of rotatable bonds is 5. The van der Waals surface area contributed by atoms with Gasteiger partial charge in [-0.25, -0.2) is 4.98 Å². The number of aromatic amines is 1. The predicted octanol–water partition coefficient (Wildman–Crippen LogP) is 5.11. The van der Waals surface area contributed by atoms with Crippen molar-refractivity contribution >= 4 is 28.4 Å². The van der Waals surface area contributed by atoms with Gasteiger partial charge in [-0.15, -0.1) is 0 Å². The molecule has 30 heavy (non-hydrogen) atoms. The molecule has 0 bridgehead atoms. The van der Waals surface area contributed by atoms with E-state index in [0.29, 0.717) is 34.2 Å². The summed E-state index contributed by atoms with van der Waals surface area (Å²) in [5.41, 5.74) is 3.36. The molecule has 0 saturated heterocycles. The molecule has 4 rings (SSSR count). The number of nitrogens with zero attached hydrogens (tertiary/aromatic N) is 3. The highest BCUT2D eigenvalue weighted by Crippen LogP contribution is 2.35. The number of non-ortho nitro benzene ring substituents is 1. The largest absolute Gasteiger partial charge is 0.496 e. The molecule has 1 N–H and O–H groups in total. The number of ether oxygens (including phenoxy) is 1. The molecule has 2 aromatic heterocycles. The number of nitriles is 1. The minimum absolute atomic E-state index is 0.0745. The van der Waals surface area contributed by atoms with E-state index < -0.39 is 4.92 Å². The molecule has 0 fully saturated rings. The van der Waals surface area contributed by atoms with Crippen LogP contribution in [0.2, 0.25) is 0 Å². The lowest BCUT2D eigenvalue weighted by molar-refractivity contribution is -0.384. The van der Waals surface area contributed by atoms with E-state index in [-0.39, 0.29) is 5.69 Å². The van der Waals surface area contributed by atoms with Gasteiger partial charge in [0.1, 0.15) is 29.2 Å². The maximum Gasteiger partial charge on any atom is 0.270 e. The number of allylic oxidation sites excluding steroid dienone is 1. The summed E-state index contributed by atoms with van der Waals surface area (Å²) >= 11 is 0. The van der Waals surface area contributed by atoms with Crippen LogP contribution in [0, 0.1) is 28.4 Å². The van der Waals surface area contributed by atoms with Gasteiger partial charge in [0.25, 0.3) is 5.69 Å². The van der Waals surface area contributed by atoms with Gasteiger partial charge in [-0.1, -0.05) is 6.07 Å². The number of imidazole rings is 1. The van der Waals surface area contributed by atoms with E-state index in [0.717, 1.165) is 16.6 Å². The molecule has 8 heteroatoms. The zero-order chi connectivity index (χ0) is 21.3. The van der Waals surface area contributed by atoms with Crippen LogP contribution in [0.25, 0.3) is 34.0 Å². The van der Waals surface area contributed by atoms with Crippen LogP contribution < -0.4 is 4.74 Å². The van der Waals surface area contributed by atoms with Gasteiger partial charge in [-0.3, -0.25) is 10.1 Å². The average Bonchev–Trinajstić information content (AvgIpc) is 3.37. The van der Waals surface area contributed by atoms with E-state index in [1.807, 2.05) is 25.1 Å². The molecule has 0 radical (unpaired) electrons. The number of fused-ring (bicyclic) bond motifs is 1. The monoisotopic (exact) mass is 400 g/mol. The van der Waals surface area contributed by atoms with Gasteiger partial charge in [0.15, 0.2) is 0 Å². The van der Waals surface area contributed by atoms with Crippen LogP contribution >= 0.6 is 0 Å². The summed E-state index contributed by atoms with van der Waals surface area (Å²) in [4.78, 5) is 18.2. The summed E-state index contributed by atoms with van der Waals surface area (Å²) in [6.07, 6.45) is 1.57. The molecule has 148 valence electrons. The van der Waals surface area contributed by atoms with Gasteiger partial charge in [-0.05, 0) is 42.8 Å². The fraction of sp³-hybridized carbons (Fsp3) is 0.0909. The van der Waals surface area contributed by atoms with E-state index in [1.165, 1.54) is 25.3 Å². The van der Waals surface area contributed by atoms with Crippen molar-refractivity contribution in [2.45, 2.75) is 6.92 Å². The maximum atomic E-state index is 11.1. The minimum Gasteiger partial charge on any atom is -0.496 e. The van der Waals surface area contributed by atoms with Gasteiger partial charge in [0.2, 0.25) is 0 Å². The Morgan fingerprint density at radius 3 is 2.83 bits per heavy atom. The SMILES string of the molecule is COc1ccc([N+](=O)[O-])cc1-c1ccc(/C=C(/C#N)c2nc3ccc(C)cc3[nH]2)o1. The van der Waals surface area contributed by atoms with Crippen molar-refractivity contribution in [2.75, 3.05) is 7.11 Å². The first-order valence-electron chi connectivity index (χ1n) is 8.99. The van der Waals surface area contributed by atoms with Gasteiger partial charge in [-0.2, -0.15) is 5.26 Å². The number of H-pyrrole nitrogens is 1. The summed E-state index contributed by atoms with van der Waals surface area (Å²) in [5.74, 6) is 1.67. The first-order chi connectivity index (χ1) is 14.5. The van der Waals surface area contributed by atoms with Crippen LogP contribution in [0.15, 0.2) is 52.9 Å². The lowest BCUT2D eigenvalue weighted by atomic mass is 10.1. The molecule has 2 heterocycles. The van der Waals surface area contributed by atoms with Crippen LogP contribution in [0.1, 0.15) is 17.1 Å². The molecule has 0 aliphatic heterocycles. The second-order valence-corrected chi connectivity index (χ2v) is 6.62. The first kappa shape index (κ1) is 19.0. The lowest BCUT2D eigenvalue weighted by Crippen LogP contribution is -1.91. The lowest BCUT2D eigenvalue weighted by Gasteiger charge is -2.05. The highest BCUT2D eigenvalue weighted by atomic mass is 16.6. The van der Waals surface area contributed by atoms with Crippen LogP contribution in [-0.2, 0) is 0 Å².